The van der Waals surface area contributed by atoms with Crippen LogP contribution in [0.1, 0.15) is 38.2 Å². The Hall–Kier alpha value is -1.61. The van der Waals surface area contributed by atoms with E-state index in [2.05, 4.69) is 35.4 Å². The lowest BCUT2D eigenvalue weighted by atomic mass is 10.1. The molecule has 0 spiro atoms. The van der Waals surface area contributed by atoms with E-state index in [0.29, 0.717) is 0 Å². The van der Waals surface area contributed by atoms with E-state index in [1.54, 1.807) is 0 Å². The fourth-order valence-corrected chi connectivity index (χ4v) is 2.37. The van der Waals surface area contributed by atoms with Gasteiger partial charge in [0.05, 0.1) is 6.61 Å². The SMILES string of the molecule is CCCCCCOc1ncc(CNC)c2ccccc12. The third kappa shape index (κ3) is 3.70. The molecule has 0 saturated heterocycles. The maximum Gasteiger partial charge on any atom is 0.221 e. The average molecular weight is 272 g/mol. The molecule has 0 atom stereocenters. The van der Waals surface area contributed by atoms with Gasteiger partial charge in [0.1, 0.15) is 0 Å². The average Bonchev–Trinajstić information content (AvgIpc) is 2.49. The summed E-state index contributed by atoms with van der Waals surface area (Å²) in [7, 11) is 1.95. The zero-order valence-electron chi connectivity index (χ0n) is 12.5. The van der Waals surface area contributed by atoms with Gasteiger partial charge < -0.3 is 10.1 Å². The topological polar surface area (TPSA) is 34.1 Å². The number of aromatic nitrogens is 1. The highest BCUT2D eigenvalue weighted by atomic mass is 16.5. The number of fused-ring (bicyclic) bond motifs is 1. The number of ether oxygens (including phenoxy) is 1. The van der Waals surface area contributed by atoms with Gasteiger partial charge in [0.2, 0.25) is 5.88 Å². The van der Waals surface area contributed by atoms with Crippen LogP contribution < -0.4 is 10.1 Å². The highest BCUT2D eigenvalue weighted by molar-refractivity contribution is 5.89. The van der Waals surface area contributed by atoms with Crippen molar-refractivity contribution < 1.29 is 4.74 Å². The molecule has 3 nitrogen and oxygen atoms in total. The van der Waals surface area contributed by atoms with Crippen LogP contribution in [0.5, 0.6) is 5.88 Å². The Morgan fingerprint density at radius 3 is 2.65 bits per heavy atom. The summed E-state index contributed by atoms with van der Waals surface area (Å²) >= 11 is 0. The number of nitrogens with zero attached hydrogens (tertiary/aromatic N) is 1. The summed E-state index contributed by atoms with van der Waals surface area (Å²) in [5.41, 5.74) is 1.21. The van der Waals surface area contributed by atoms with Gasteiger partial charge in [-0.3, -0.25) is 0 Å². The second-order valence-corrected chi connectivity index (χ2v) is 5.07. The molecule has 20 heavy (non-hydrogen) atoms. The van der Waals surface area contributed by atoms with Crippen molar-refractivity contribution in [2.45, 2.75) is 39.2 Å². The lowest BCUT2D eigenvalue weighted by Gasteiger charge is -2.11. The molecule has 0 aliphatic heterocycles. The Bertz CT molecular complexity index is 540. The van der Waals surface area contributed by atoms with Gasteiger partial charge in [0.25, 0.3) is 0 Å². The van der Waals surface area contributed by atoms with Gasteiger partial charge in [-0.2, -0.15) is 0 Å². The quantitative estimate of drug-likeness (QED) is 0.740. The molecule has 0 radical (unpaired) electrons. The second-order valence-electron chi connectivity index (χ2n) is 5.07. The molecular weight excluding hydrogens is 248 g/mol. The third-order valence-electron chi connectivity index (χ3n) is 3.44. The smallest absolute Gasteiger partial charge is 0.221 e. The monoisotopic (exact) mass is 272 g/mol. The molecule has 0 amide bonds. The maximum atomic E-state index is 5.87. The van der Waals surface area contributed by atoms with E-state index < -0.39 is 0 Å². The van der Waals surface area contributed by atoms with Gasteiger partial charge in [-0.05, 0) is 30.5 Å². The summed E-state index contributed by atoms with van der Waals surface area (Å²) in [6.45, 7) is 3.79. The van der Waals surface area contributed by atoms with E-state index in [1.165, 1.54) is 30.2 Å². The molecule has 0 unspecified atom stereocenters. The number of pyridine rings is 1. The van der Waals surface area contributed by atoms with Crippen LogP contribution in [0, 0.1) is 0 Å². The first-order valence-corrected chi connectivity index (χ1v) is 7.50. The number of hydrogen-bond donors (Lipinski definition) is 1. The Kier molecular flexibility index (Phi) is 5.81. The van der Waals surface area contributed by atoms with Crippen LogP contribution in [0.15, 0.2) is 30.5 Å². The fraction of sp³-hybridized carbons (Fsp3) is 0.471. The van der Waals surface area contributed by atoms with Crippen LogP contribution in [0.4, 0.5) is 0 Å². The molecule has 0 bridgehead atoms. The molecule has 108 valence electrons. The standard InChI is InChI=1S/C17H24N2O/c1-3-4-5-8-11-20-17-16-10-7-6-9-15(16)14(12-18-2)13-19-17/h6-7,9-10,13,18H,3-5,8,11-12H2,1-2H3. The molecule has 0 saturated carbocycles. The minimum Gasteiger partial charge on any atom is -0.477 e. The van der Waals surface area contributed by atoms with Gasteiger partial charge in [0, 0.05) is 18.1 Å². The first-order valence-electron chi connectivity index (χ1n) is 7.50. The Balaban J connectivity index is 2.11. The minimum absolute atomic E-state index is 0.752. The molecule has 1 N–H and O–H groups in total. The Morgan fingerprint density at radius 1 is 1.10 bits per heavy atom. The zero-order valence-corrected chi connectivity index (χ0v) is 12.5. The number of unbranched alkanes of at least 4 members (excludes halogenated alkanes) is 3. The van der Waals surface area contributed by atoms with Crippen molar-refractivity contribution in [1.29, 1.82) is 0 Å². The first-order chi connectivity index (χ1) is 9.86. The van der Waals surface area contributed by atoms with Gasteiger partial charge >= 0.3 is 0 Å². The molecule has 0 fully saturated rings. The van der Waals surface area contributed by atoms with Crippen LogP contribution in [0.25, 0.3) is 10.8 Å². The molecule has 0 aliphatic rings. The van der Waals surface area contributed by atoms with Crippen LogP contribution in [0.2, 0.25) is 0 Å². The van der Waals surface area contributed by atoms with Crippen molar-refractivity contribution in [3.63, 3.8) is 0 Å². The van der Waals surface area contributed by atoms with Crippen LogP contribution in [-0.2, 0) is 6.54 Å². The number of hydrogen-bond acceptors (Lipinski definition) is 3. The van der Waals surface area contributed by atoms with Gasteiger partial charge in [-0.25, -0.2) is 4.98 Å². The second kappa shape index (κ2) is 7.85. The lowest BCUT2D eigenvalue weighted by Crippen LogP contribution is -2.07. The van der Waals surface area contributed by atoms with Crippen molar-refractivity contribution in [2.24, 2.45) is 0 Å². The Labute approximate surface area is 121 Å². The van der Waals surface area contributed by atoms with Crippen molar-refractivity contribution in [2.75, 3.05) is 13.7 Å². The summed E-state index contributed by atoms with van der Waals surface area (Å²) in [5, 5.41) is 5.51. The normalized spacial score (nSPS) is 10.9. The van der Waals surface area contributed by atoms with E-state index in [1.807, 2.05) is 19.3 Å². The highest BCUT2D eigenvalue weighted by Crippen LogP contribution is 2.26. The minimum atomic E-state index is 0.752. The van der Waals surface area contributed by atoms with Crippen LogP contribution >= 0.6 is 0 Å². The number of nitrogens with one attached hydrogen (secondary N) is 1. The molecule has 1 aromatic heterocycles. The van der Waals surface area contributed by atoms with E-state index in [9.17, 15) is 0 Å². The largest absolute Gasteiger partial charge is 0.477 e. The van der Waals surface area contributed by atoms with E-state index in [4.69, 9.17) is 4.74 Å². The molecule has 1 heterocycles. The van der Waals surface area contributed by atoms with Crippen molar-refractivity contribution in [1.82, 2.24) is 10.3 Å². The summed E-state index contributed by atoms with van der Waals surface area (Å²) in [4.78, 5) is 4.48. The summed E-state index contributed by atoms with van der Waals surface area (Å²) in [6, 6.07) is 8.32. The summed E-state index contributed by atoms with van der Waals surface area (Å²) in [5.74, 6) is 0.761. The Morgan fingerprint density at radius 2 is 1.90 bits per heavy atom. The van der Waals surface area contributed by atoms with Crippen molar-refractivity contribution >= 4 is 10.8 Å². The number of benzene rings is 1. The van der Waals surface area contributed by atoms with Crippen LogP contribution in [0.3, 0.4) is 0 Å². The maximum absolute atomic E-state index is 5.87. The molecule has 2 rings (SSSR count). The molecule has 0 aliphatic carbocycles. The van der Waals surface area contributed by atoms with E-state index >= 15 is 0 Å². The molecular formula is C17H24N2O. The van der Waals surface area contributed by atoms with E-state index in [-0.39, 0.29) is 0 Å². The summed E-state index contributed by atoms with van der Waals surface area (Å²) < 4.78 is 5.87. The lowest BCUT2D eigenvalue weighted by molar-refractivity contribution is 0.297. The number of rotatable bonds is 8. The van der Waals surface area contributed by atoms with Crippen LogP contribution in [-0.4, -0.2) is 18.6 Å². The van der Waals surface area contributed by atoms with Gasteiger partial charge in [-0.15, -0.1) is 0 Å². The third-order valence-corrected chi connectivity index (χ3v) is 3.44. The predicted molar refractivity (Wildman–Crippen MR) is 84.1 cm³/mol. The molecule has 1 aromatic carbocycles. The van der Waals surface area contributed by atoms with E-state index in [0.717, 1.165) is 30.8 Å². The fourth-order valence-electron chi connectivity index (χ4n) is 2.37. The predicted octanol–water partition coefficient (Wildman–Crippen LogP) is 3.91. The van der Waals surface area contributed by atoms with Crippen molar-refractivity contribution in [3.05, 3.63) is 36.0 Å². The highest BCUT2D eigenvalue weighted by Gasteiger charge is 2.07. The molecule has 2 aromatic rings. The van der Waals surface area contributed by atoms with Crippen molar-refractivity contribution in [3.8, 4) is 5.88 Å². The molecule has 3 heteroatoms. The van der Waals surface area contributed by atoms with Gasteiger partial charge in [0.15, 0.2) is 0 Å². The first kappa shape index (κ1) is 14.8. The van der Waals surface area contributed by atoms with Gasteiger partial charge in [-0.1, -0.05) is 44.4 Å². The summed E-state index contributed by atoms with van der Waals surface area (Å²) in [6.07, 6.45) is 6.77. The zero-order chi connectivity index (χ0) is 14.2.